The molecule has 3 rings (SSSR count). The van der Waals surface area contributed by atoms with Crippen molar-refractivity contribution in [2.75, 3.05) is 7.11 Å². The zero-order valence-electron chi connectivity index (χ0n) is 12.5. The lowest BCUT2D eigenvalue weighted by atomic mass is 10.2. The first-order chi connectivity index (χ1) is 11.3. The molecule has 0 bridgehead atoms. The third-order valence-electron chi connectivity index (χ3n) is 3.22. The summed E-state index contributed by atoms with van der Waals surface area (Å²) in [6.45, 7) is 0.383. The van der Waals surface area contributed by atoms with Crippen molar-refractivity contribution in [1.29, 1.82) is 0 Å². The van der Waals surface area contributed by atoms with Gasteiger partial charge in [0.25, 0.3) is 5.91 Å². The molecule has 0 aliphatic rings. The molecule has 2 heterocycles. The number of nitrogens with zero attached hydrogens (tertiary/aromatic N) is 2. The molecule has 1 aromatic carbocycles. The topological polar surface area (TPSA) is 64.1 Å². The van der Waals surface area contributed by atoms with Crippen LogP contribution in [0.3, 0.4) is 0 Å². The van der Waals surface area contributed by atoms with Gasteiger partial charge in [0.05, 0.1) is 25.0 Å². The van der Waals surface area contributed by atoms with Gasteiger partial charge in [0.1, 0.15) is 10.8 Å². The van der Waals surface area contributed by atoms with Crippen LogP contribution in [0.25, 0.3) is 10.7 Å². The predicted molar refractivity (Wildman–Crippen MR) is 89.5 cm³/mol. The van der Waals surface area contributed by atoms with Gasteiger partial charge in [-0.2, -0.15) is 0 Å². The SMILES string of the molecule is COc1ccc(C(=O)NCc2csc(-c3ccccn3)n2)cc1. The van der Waals surface area contributed by atoms with E-state index in [0.717, 1.165) is 22.1 Å². The van der Waals surface area contributed by atoms with Crippen LogP contribution in [0.1, 0.15) is 16.1 Å². The number of amides is 1. The van der Waals surface area contributed by atoms with E-state index >= 15 is 0 Å². The average molecular weight is 325 g/mol. The van der Waals surface area contributed by atoms with E-state index in [1.54, 1.807) is 37.6 Å². The molecule has 0 saturated heterocycles. The second-order valence-corrected chi connectivity index (χ2v) is 5.63. The zero-order valence-corrected chi connectivity index (χ0v) is 13.3. The van der Waals surface area contributed by atoms with Crippen molar-refractivity contribution < 1.29 is 9.53 Å². The Morgan fingerprint density at radius 2 is 2.04 bits per heavy atom. The lowest BCUT2D eigenvalue weighted by Gasteiger charge is -2.04. The molecule has 0 fully saturated rings. The van der Waals surface area contributed by atoms with Crippen molar-refractivity contribution in [2.24, 2.45) is 0 Å². The molecule has 0 saturated carbocycles. The van der Waals surface area contributed by atoms with Gasteiger partial charge in [-0.1, -0.05) is 6.07 Å². The Hall–Kier alpha value is -2.73. The van der Waals surface area contributed by atoms with E-state index in [9.17, 15) is 4.79 Å². The molecule has 0 radical (unpaired) electrons. The highest BCUT2D eigenvalue weighted by Gasteiger charge is 2.08. The number of thiazole rings is 1. The van der Waals surface area contributed by atoms with Crippen LogP contribution in [-0.2, 0) is 6.54 Å². The molecule has 0 aliphatic carbocycles. The highest BCUT2D eigenvalue weighted by molar-refractivity contribution is 7.13. The standard InChI is InChI=1S/C17H15N3O2S/c1-22-14-7-5-12(6-8-14)16(21)19-10-13-11-23-17(20-13)15-4-2-3-9-18-15/h2-9,11H,10H2,1H3,(H,19,21). The highest BCUT2D eigenvalue weighted by Crippen LogP contribution is 2.21. The van der Waals surface area contributed by atoms with E-state index < -0.39 is 0 Å². The summed E-state index contributed by atoms with van der Waals surface area (Å²) in [6.07, 6.45) is 1.74. The van der Waals surface area contributed by atoms with Crippen LogP contribution in [0.5, 0.6) is 5.75 Å². The molecule has 3 aromatic rings. The number of rotatable bonds is 5. The maximum Gasteiger partial charge on any atom is 0.251 e. The van der Waals surface area contributed by atoms with Crippen molar-refractivity contribution in [1.82, 2.24) is 15.3 Å². The van der Waals surface area contributed by atoms with Crippen LogP contribution < -0.4 is 10.1 Å². The maximum atomic E-state index is 12.1. The Morgan fingerprint density at radius 3 is 2.74 bits per heavy atom. The van der Waals surface area contributed by atoms with Crippen LogP contribution in [0.4, 0.5) is 0 Å². The van der Waals surface area contributed by atoms with Crippen molar-refractivity contribution in [3.05, 3.63) is 65.3 Å². The molecule has 0 spiro atoms. The normalized spacial score (nSPS) is 10.3. The van der Waals surface area contributed by atoms with Crippen LogP contribution in [0.2, 0.25) is 0 Å². The minimum atomic E-state index is -0.139. The van der Waals surface area contributed by atoms with Gasteiger partial charge in [0, 0.05) is 17.1 Å². The van der Waals surface area contributed by atoms with E-state index in [0.29, 0.717) is 12.1 Å². The molecule has 0 atom stereocenters. The first-order valence-electron chi connectivity index (χ1n) is 7.04. The third kappa shape index (κ3) is 3.73. The first-order valence-corrected chi connectivity index (χ1v) is 7.92. The van der Waals surface area contributed by atoms with Gasteiger partial charge in [0.15, 0.2) is 0 Å². The molecule has 0 aliphatic heterocycles. The summed E-state index contributed by atoms with van der Waals surface area (Å²) >= 11 is 1.51. The van der Waals surface area contributed by atoms with Crippen molar-refractivity contribution >= 4 is 17.2 Å². The van der Waals surface area contributed by atoms with Gasteiger partial charge in [-0.3, -0.25) is 9.78 Å². The van der Waals surface area contributed by atoms with Crippen LogP contribution in [0, 0.1) is 0 Å². The molecular weight excluding hydrogens is 310 g/mol. The van der Waals surface area contributed by atoms with E-state index in [2.05, 4.69) is 15.3 Å². The second kappa shape index (κ2) is 7.02. The molecule has 23 heavy (non-hydrogen) atoms. The Kier molecular flexibility index (Phi) is 4.63. The number of pyridine rings is 1. The van der Waals surface area contributed by atoms with E-state index in [1.807, 2.05) is 23.6 Å². The van der Waals surface area contributed by atoms with Gasteiger partial charge in [-0.05, 0) is 36.4 Å². The monoisotopic (exact) mass is 325 g/mol. The predicted octanol–water partition coefficient (Wildman–Crippen LogP) is 3.14. The summed E-state index contributed by atoms with van der Waals surface area (Å²) in [6, 6.07) is 12.7. The summed E-state index contributed by atoms with van der Waals surface area (Å²) in [5, 5.41) is 5.64. The van der Waals surface area contributed by atoms with Gasteiger partial charge in [-0.25, -0.2) is 4.98 Å². The first kappa shape index (κ1) is 15.2. The Bertz CT molecular complexity index is 785. The Labute approximate surface area is 138 Å². The fourth-order valence-corrected chi connectivity index (χ4v) is 2.81. The number of hydrogen-bond acceptors (Lipinski definition) is 5. The molecule has 116 valence electrons. The van der Waals surface area contributed by atoms with E-state index in [4.69, 9.17) is 4.74 Å². The largest absolute Gasteiger partial charge is 0.497 e. The van der Waals surface area contributed by atoms with Crippen molar-refractivity contribution in [3.63, 3.8) is 0 Å². The van der Waals surface area contributed by atoms with Gasteiger partial charge >= 0.3 is 0 Å². The summed E-state index contributed by atoms with van der Waals surface area (Å²) in [4.78, 5) is 20.9. The Balaban J connectivity index is 1.62. The summed E-state index contributed by atoms with van der Waals surface area (Å²) < 4.78 is 5.08. The van der Waals surface area contributed by atoms with Gasteiger partial charge < -0.3 is 10.1 Å². The summed E-state index contributed by atoms with van der Waals surface area (Å²) in [7, 11) is 1.59. The fourth-order valence-electron chi connectivity index (χ4n) is 2.01. The number of methoxy groups -OCH3 is 1. The number of carbonyl (C=O) groups is 1. The maximum absolute atomic E-state index is 12.1. The minimum Gasteiger partial charge on any atom is -0.497 e. The molecule has 5 nitrogen and oxygen atoms in total. The van der Waals surface area contributed by atoms with Crippen LogP contribution >= 0.6 is 11.3 Å². The quantitative estimate of drug-likeness (QED) is 0.783. The average Bonchev–Trinajstić information content (AvgIpc) is 3.09. The van der Waals surface area contributed by atoms with E-state index in [-0.39, 0.29) is 5.91 Å². The Morgan fingerprint density at radius 1 is 1.22 bits per heavy atom. The number of carbonyl (C=O) groups excluding carboxylic acids is 1. The fraction of sp³-hybridized carbons (Fsp3) is 0.118. The summed E-state index contributed by atoms with van der Waals surface area (Å²) in [5.74, 6) is 0.584. The van der Waals surface area contributed by atoms with E-state index in [1.165, 1.54) is 11.3 Å². The van der Waals surface area contributed by atoms with Gasteiger partial charge in [0.2, 0.25) is 0 Å². The van der Waals surface area contributed by atoms with Crippen LogP contribution in [-0.4, -0.2) is 23.0 Å². The molecule has 0 unspecified atom stereocenters. The number of aromatic nitrogens is 2. The molecular formula is C17H15N3O2S. The number of ether oxygens (including phenoxy) is 1. The second-order valence-electron chi connectivity index (χ2n) is 4.77. The highest BCUT2D eigenvalue weighted by atomic mass is 32.1. The molecule has 2 aromatic heterocycles. The van der Waals surface area contributed by atoms with Crippen LogP contribution in [0.15, 0.2) is 54.0 Å². The number of nitrogens with one attached hydrogen (secondary N) is 1. The van der Waals surface area contributed by atoms with Gasteiger partial charge in [-0.15, -0.1) is 11.3 Å². The van der Waals surface area contributed by atoms with Crippen molar-refractivity contribution in [2.45, 2.75) is 6.54 Å². The minimum absolute atomic E-state index is 0.139. The zero-order chi connectivity index (χ0) is 16.1. The summed E-state index contributed by atoms with van der Waals surface area (Å²) in [5.41, 5.74) is 2.24. The number of benzene rings is 1. The van der Waals surface area contributed by atoms with Crippen molar-refractivity contribution in [3.8, 4) is 16.5 Å². The molecule has 1 amide bonds. The lowest BCUT2D eigenvalue weighted by molar-refractivity contribution is 0.0950. The molecule has 6 heteroatoms. The lowest BCUT2D eigenvalue weighted by Crippen LogP contribution is -2.22. The smallest absolute Gasteiger partial charge is 0.251 e. The third-order valence-corrected chi connectivity index (χ3v) is 4.13. The molecule has 1 N–H and O–H groups in total. The number of hydrogen-bond donors (Lipinski definition) is 1.